The van der Waals surface area contributed by atoms with Gasteiger partial charge in [-0.05, 0) is 62.1 Å². The van der Waals surface area contributed by atoms with Gasteiger partial charge in [0, 0.05) is 44.1 Å². The summed E-state index contributed by atoms with van der Waals surface area (Å²) in [5.41, 5.74) is 1.40. The molecule has 174 valence electrons. The van der Waals surface area contributed by atoms with Crippen molar-refractivity contribution in [3.05, 3.63) is 47.6 Å². The molecule has 1 saturated carbocycles. The van der Waals surface area contributed by atoms with E-state index in [1.54, 1.807) is 12.2 Å². The minimum Gasteiger partial charge on any atom is -0.488 e. The van der Waals surface area contributed by atoms with Gasteiger partial charge in [0.05, 0.1) is 12.1 Å². The predicted molar refractivity (Wildman–Crippen MR) is 125 cm³/mol. The van der Waals surface area contributed by atoms with E-state index in [-0.39, 0.29) is 23.7 Å². The monoisotopic (exact) mass is 449 g/mol. The molecule has 1 aromatic rings. The highest BCUT2D eigenvalue weighted by Crippen LogP contribution is 2.51. The van der Waals surface area contributed by atoms with Crippen molar-refractivity contribution in [2.75, 3.05) is 32.8 Å². The Hall–Kier alpha value is -2.93. The first-order valence-corrected chi connectivity index (χ1v) is 12.0. The topological polar surface area (TPSA) is 79.0 Å². The average molecular weight is 450 g/mol. The molecule has 1 N–H and O–H groups in total. The lowest BCUT2D eigenvalue weighted by molar-refractivity contribution is -0.130. The third kappa shape index (κ3) is 4.47. The normalized spacial score (nSPS) is 30.2. The van der Waals surface area contributed by atoms with Gasteiger partial charge in [0.15, 0.2) is 0 Å². The number of ether oxygens (including phenoxy) is 1. The molecule has 1 spiro atoms. The van der Waals surface area contributed by atoms with Crippen molar-refractivity contribution in [1.29, 1.82) is 0 Å². The molecule has 4 aliphatic rings. The van der Waals surface area contributed by atoms with Crippen molar-refractivity contribution < 1.29 is 19.1 Å². The highest BCUT2D eigenvalue weighted by atomic mass is 16.5. The molecule has 5 rings (SSSR count). The van der Waals surface area contributed by atoms with E-state index in [0.717, 1.165) is 55.8 Å². The van der Waals surface area contributed by atoms with Crippen molar-refractivity contribution in [2.45, 2.75) is 50.0 Å². The molecule has 3 unspecified atom stereocenters. The SMILES string of the molecule is O=C1CCC23C=CC(=O)NCCCCN4CCCN(C4)C(=O)C=Cc4ccc(c2c4)OC3C1. The van der Waals surface area contributed by atoms with Crippen LogP contribution in [0.1, 0.15) is 49.7 Å². The first kappa shape index (κ1) is 21.9. The zero-order valence-electron chi connectivity index (χ0n) is 18.9. The number of benzene rings is 1. The fraction of sp³-hybridized carbons (Fsp3) is 0.500. The van der Waals surface area contributed by atoms with Gasteiger partial charge in [-0.3, -0.25) is 19.3 Å². The molecule has 2 amide bonds. The minimum atomic E-state index is -0.507. The van der Waals surface area contributed by atoms with Gasteiger partial charge >= 0.3 is 0 Å². The predicted octanol–water partition coefficient (Wildman–Crippen LogP) is 2.41. The third-order valence-corrected chi connectivity index (χ3v) is 7.32. The molecule has 7 nitrogen and oxygen atoms in total. The summed E-state index contributed by atoms with van der Waals surface area (Å²) in [5.74, 6) is 0.863. The molecule has 0 radical (unpaired) electrons. The van der Waals surface area contributed by atoms with Crippen LogP contribution >= 0.6 is 0 Å². The van der Waals surface area contributed by atoms with Crippen LogP contribution in [0.15, 0.2) is 36.4 Å². The lowest BCUT2D eigenvalue weighted by Crippen LogP contribution is -2.47. The van der Waals surface area contributed by atoms with E-state index in [4.69, 9.17) is 4.74 Å². The fourth-order valence-corrected chi connectivity index (χ4v) is 5.46. The molecule has 2 fully saturated rings. The number of carbonyl (C=O) groups is 3. The van der Waals surface area contributed by atoms with Crippen LogP contribution in [0, 0.1) is 0 Å². The van der Waals surface area contributed by atoms with Crippen LogP contribution in [0.3, 0.4) is 0 Å². The van der Waals surface area contributed by atoms with Crippen LogP contribution in [0.25, 0.3) is 6.08 Å². The molecule has 1 aromatic carbocycles. The minimum absolute atomic E-state index is 0.0283. The van der Waals surface area contributed by atoms with Gasteiger partial charge in [-0.25, -0.2) is 0 Å². The molecule has 1 aliphatic carbocycles. The Morgan fingerprint density at radius 1 is 1.00 bits per heavy atom. The zero-order valence-corrected chi connectivity index (χ0v) is 18.9. The van der Waals surface area contributed by atoms with Gasteiger partial charge in [0.1, 0.15) is 17.6 Å². The molecule has 7 heteroatoms. The number of Topliss-reactive ketones (excluding diaryl/α,β-unsaturated/α-hetero) is 1. The molecule has 0 aromatic heterocycles. The largest absolute Gasteiger partial charge is 0.488 e. The van der Waals surface area contributed by atoms with Gasteiger partial charge in [-0.1, -0.05) is 12.1 Å². The van der Waals surface area contributed by atoms with Gasteiger partial charge in [0.25, 0.3) is 0 Å². The number of hydrogen-bond acceptors (Lipinski definition) is 5. The van der Waals surface area contributed by atoms with Crippen molar-refractivity contribution >= 4 is 23.7 Å². The smallest absolute Gasteiger partial charge is 0.247 e. The second-order valence-corrected chi connectivity index (χ2v) is 9.52. The highest BCUT2D eigenvalue weighted by Gasteiger charge is 2.50. The van der Waals surface area contributed by atoms with Crippen LogP contribution in [0.5, 0.6) is 5.75 Å². The molecule has 4 bridgehead atoms. The summed E-state index contributed by atoms with van der Waals surface area (Å²) in [7, 11) is 0. The van der Waals surface area contributed by atoms with Crippen LogP contribution in [-0.2, 0) is 19.8 Å². The maximum absolute atomic E-state index is 12.8. The van der Waals surface area contributed by atoms with Crippen LogP contribution in [0.2, 0.25) is 0 Å². The highest BCUT2D eigenvalue weighted by molar-refractivity contribution is 5.92. The summed E-state index contributed by atoms with van der Waals surface area (Å²) in [6.45, 7) is 3.96. The van der Waals surface area contributed by atoms with Gasteiger partial charge in [-0.15, -0.1) is 0 Å². The number of nitrogens with one attached hydrogen (secondary N) is 1. The van der Waals surface area contributed by atoms with E-state index < -0.39 is 5.41 Å². The number of fused-ring (bicyclic) bond motifs is 3. The van der Waals surface area contributed by atoms with Crippen molar-refractivity contribution in [1.82, 2.24) is 15.1 Å². The van der Waals surface area contributed by atoms with Crippen LogP contribution in [0.4, 0.5) is 0 Å². The van der Waals surface area contributed by atoms with E-state index in [1.165, 1.54) is 0 Å². The summed E-state index contributed by atoms with van der Waals surface area (Å²) in [4.78, 5) is 41.8. The quantitative estimate of drug-likeness (QED) is 0.658. The molecular formula is C26H31N3O4. The Morgan fingerprint density at radius 3 is 2.79 bits per heavy atom. The number of ketones is 1. The Labute approximate surface area is 194 Å². The second kappa shape index (κ2) is 9.14. The number of hydrogen-bond donors (Lipinski definition) is 1. The number of rotatable bonds is 0. The zero-order chi connectivity index (χ0) is 22.8. The maximum atomic E-state index is 12.8. The van der Waals surface area contributed by atoms with E-state index in [9.17, 15) is 14.4 Å². The molecule has 1 saturated heterocycles. The Kier molecular flexibility index (Phi) is 6.06. The summed E-state index contributed by atoms with van der Waals surface area (Å²) >= 11 is 0. The summed E-state index contributed by atoms with van der Waals surface area (Å²) < 4.78 is 6.19. The van der Waals surface area contributed by atoms with E-state index in [1.807, 2.05) is 35.3 Å². The molecule has 3 aliphatic heterocycles. The Bertz CT molecular complexity index is 1020. The van der Waals surface area contributed by atoms with Gasteiger partial charge in [0.2, 0.25) is 11.8 Å². The third-order valence-electron chi connectivity index (χ3n) is 7.32. The number of amides is 2. The van der Waals surface area contributed by atoms with Crippen LogP contribution in [-0.4, -0.2) is 66.3 Å². The molecule has 33 heavy (non-hydrogen) atoms. The standard InChI is InChI=1S/C26H31N3O4/c30-20-8-10-26-11-9-24(31)27-12-1-2-13-28-14-3-15-29(18-28)25(32)7-5-19-4-6-22(21(26)16-19)33-23(26)17-20/h4-7,9,11,16,23H,1-3,8,10,12-15,17-18H2,(H,27,31). The molecule has 3 atom stereocenters. The Balaban J connectivity index is 1.49. The van der Waals surface area contributed by atoms with Gasteiger partial charge < -0.3 is 15.0 Å². The number of carbonyl (C=O) groups excluding carboxylic acids is 3. The molecule has 3 heterocycles. The number of nitrogens with zero attached hydrogens (tertiary/aromatic N) is 2. The lowest BCUT2D eigenvalue weighted by Gasteiger charge is -2.35. The second-order valence-electron chi connectivity index (χ2n) is 9.52. The summed E-state index contributed by atoms with van der Waals surface area (Å²) in [5, 5.41) is 2.99. The summed E-state index contributed by atoms with van der Waals surface area (Å²) in [6.07, 6.45) is 11.0. The first-order valence-electron chi connectivity index (χ1n) is 12.0. The van der Waals surface area contributed by atoms with Gasteiger partial charge in [-0.2, -0.15) is 0 Å². The van der Waals surface area contributed by atoms with E-state index in [2.05, 4.69) is 10.2 Å². The summed E-state index contributed by atoms with van der Waals surface area (Å²) in [6, 6.07) is 5.90. The van der Waals surface area contributed by atoms with Crippen LogP contribution < -0.4 is 10.1 Å². The first-order chi connectivity index (χ1) is 16.0. The van der Waals surface area contributed by atoms with E-state index in [0.29, 0.717) is 32.5 Å². The van der Waals surface area contributed by atoms with E-state index >= 15 is 0 Å². The lowest BCUT2D eigenvalue weighted by atomic mass is 9.68. The van der Waals surface area contributed by atoms with Crippen molar-refractivity contribution in [3.8, 4) is 5.75 Å². The Morgan fingerprint density at radius 2 is 1.88 bits per heavy atom. The average Bonchev–Trinajstić information content (AvgIpc) is 3.13. The fourth-order valence-electron chi connectivity index (χ4n) is 5.46. The molecular weight excluding hydrogens is 418 g/mol. The van der Waals surface area contributed by atoms with Crippen molar-refractivity contribution in [3.63, 3.8) is 0 Å². The maximum Gasteiger partial charge on any atom is 0.247 e. The van der Waals surface area contributed by atoms with Crippen molar-refractivity contribution in [2.24, 2.45) is 0 Å².